The SMILES string of the molecule is CN(C)Cc1csc(CN)n1.Cl.Cl. The largest absolute Gasteiger partial charge is 0.325 e. The van der Waals surface area contributed by atoms with Gasteiger partial charge < -0.3 is 10.6 Å². The van der Waals surface area contributed by atoms with Gasteiger partial charge in [0.05, 0.1) is 5.69 Å². The zero-order valence-electron chi connectivity index (χ0n) is 7.69. The molecule has 0 amide bonds. The van der Waals surface area contributed by atoms with Crippen molar-refractivity contribution in [3.05, 3.63) is 16.1 Å². The van der Waals surface area contributed by atoms with Gasteiger partial charge >= 0.3 is 0 Å². The summed E-state index contributed by atoms with van der Waals surface area (Å²) in [5, 5.41) is 3.07. The minimum atomic E-state index is 0. The Hall–Kier alpha value is 0.130. The Balaban J connectivity index is 0. The monoisotopic (exact) mass is 243 g/mol. The maximum absolute atomic E-state index is 5.43. The lowest BCUT2D eigenvalue weighted by Gasteiger charge is -2.05. The summed E-state index contributed by atoms with van der Waals surface area (Å²) in [6.45, 7) is 1.45. The van der Waals surface area contributed by atoms with E-state index in [4.69, 9.17) is 5.73 Å². The van der Waals surface area contributed by atoms with E-state index in [9.17, 15) is 0 Å². The fourth-order valence-corrected chi connectivity index (χ4v) is 1.50. The Kier molecular flexibility index (Phi) is 9.03. The number of rotatable bonds is 3. The number of halogens is 2. The van der Waals surface area contributed by atoms with E-state index in [1.807, 2.05) is 14.1 Å². The van der Waals surface area contributed by atoms with E-state index in [-0.39, 0.29) is 24.8 Å². The van der Waals surface area contributed by atoms with E-state index in [2.05, 4.69) is 15.3 Å². The highest BCUT2D eigenvalue weighted by Gasteiger charge is 2.00. The Labute approximate surface area is 95.2 Å². The van der Waals surface area contributed by atoms with Gasteiger partial charge in [-0.25, -0.2) is 4.98 Å². The topological polar surface area (TPSA) is 42.1 Å². The standard InChI is InChI=1S/C7H13N3S.2ClH/c1-10(2)4-6-5-11-7(3-8)9-6;;/h5H,3-4,8H2,1-2H3;2*1H. The van der Waals surface area contributed by atoms with E-state index in [0.29, 0.717) is 6.54 Å². The summed E-state index contributed by atoms with van der Waals surface area (Å²) < 4.78 is 0. The number of hydrogen-bond donors (Lipinski definition) is 1. The molecule has 3 nitrogen and oxygen atoms in total. The molecule has 0 unspecified atom stereocenters. The van der Waals surface area contributed by atoms with Crippen molar-refractivity contribution in [1.29, 1.82) is 0 Å². The number of nitrogens with two attached hydrogens (primary N) is 1. The van der Waals surface area contributed by atoms with Crippen LogP contribution in [0.3, 0.4) is 0 Å². The quantitative estimate of drug-likeness (QED) is 0.876. The van der Waals surface area contributed by atoms with Gasteiger partial charge in [-0.05, 0) is 14.1 Å². The van der Waals surface area contributed by atoms with Crippen LogP contribution in [0.5, 0.6) is 0 Å². The molecule has 0 aliphatic rings. The zero-order valence-corrected chi connectivity index (χ0v) is 10.1. The summed E-state index contributed by atoms with van der Waals surface area (Å²) in [5.41, 5.74) is 6.54. The molecule has 0 aliphatic carbocycles. The summed E-state index contributed by atoms with van der Waals surface area (Å²) in [6, 6.07) is 0. The van der Waals surface area contributed by atoms with Crippen LogP contribution >= 0.6 is 36.2 Å². The van der Waals surface area contributed by atoms with Crippen LogP contribution in [-0.2, 0) is 13.1 Å². The fourth-order valence-electron chi connectivity index (χ4n) is 0.839. The van der Waals surface area contributed by atoms with E-state index in [1.165, 1.54) is 0 Å². The molecule has 0 aromatic carbocycles. The van der Waals surface area contributed by atoms with Crippen molar-refractivity contribution in [1.82, 2.24) is 9.88 Å². The van der Waals surface area contributed by atoms with Crippen molar-refractivity contribution in [2.45, 2.75) is 13.1 Å². The van der Waals surface area contributed by atoms with E-state index in [1.54, 1.807) is 11.3 Å². The smallest absolute Gasteiger partial charge is 0.106 e. The van der Waals surface area contributed by atoms with E-state index < -0.39 is 0 Å². The first-order chi connectivity index (χ1) is 5.22. The van der Waals surface area contributed by atoms with Crippen molar-refractivity contribution in [3.63, 3.8) is 0 Å². The molecule has 1 heterocycles. The molecule has 0 aliphatic heterocycles. The molecule has 0 radical (unpaired) electrons. The van der Waals surface area contributed by atoms with Crippen LogP contribution in [0, 0.1) is 0 Å². The summed E-state index contributed by atoms with van der Waals surface area (Å²) in [5.74, 6) is 0. The molecule has 6 heteroatoms. The van der Waals surface area contributed by atoms with Crippen molar-refractivity contribution >= 4 is 36.2 Å². The first-order valence-corrected chi connectivity index (χ1v) is 4.38. The highest BCUT2D eigenvalue weighted by Crippen LogP contribution is 2.09. The minimum Gasteiger partial charge on any atom is -0.325 e. The average molecular weight is 244 g/mol. The van der Waals surface area contributed by atoms with Gasteiger partial charge in [0, 0.05) is 18.5 Å². The van der Waals surface area contributed by atoms with Crippen LogP contribution in [0.15, 0.2) is 5.38 Å². The van der Waals surface area contributed by atoms with Crippen LogP contribution in [0.25, 0.3) is 0 Å². The molecule has 13 heavy (non-hydrogen) atoms. The van der Waals surface area contributed by atoms with Gasteiger partial charge in [0.2, 0.25) is 0 Å². The molecule has 1 aromatic rings. The lowest BCUT2D eigenvalue weighted by Crippen LogP contribution is -2.11. The number of nitrogens with zero attached hydrogens (tertiary/aromatic N) is 2. The Morgan fingerprint density at radius 1 is 1.46 bits per heavy atom. The molecule has 0 bridgehead atoms. The first-order valence-electron chi connectivity index (χ1n) is 3.50. The van der Waals surface area contributed by atoms with Crippen LogP contribution in [0.2, 0.25) is 0 Å². The molecule has 1 aromatic heterocycles. The summed E-state index contributed by atoms with van der Waals surface area (Å²) in [6.07, 6.45) is 0. The van der Waals surface area contributed by atoms with Crippen molar-refractivity contribution in [2.75, 3.05) is 14.1 Å². The predicted octanol–water partition coefficient (Wildman–Crippen LogP) is 1.51. The number of aromatic nitrogens is 1. The fraction of sp³-hybridized carbons (Fsp3) is 0.571. The molecular weight excluding hydrogens is 229 g/mol. The van der Waals surface area contributed by atoms with Gasteiger partial charge in [0.15, 0.2) is 0 Å². The second kappa shape index (κ2) is 7.53. The first kappa shape index (κ1) is 15.6. The summed E-state index contributed by atoms with van der Waals surface area (Å²) >= 11 is 1.63. The Morgan fingerprint density at radius 3 is 2.46 bits per heavy atom. The van der Waals surface area contributed by atoms with Crippen molar-refractivity contribution in [2.24, 2.45) is 5.73 Å². The van der Waals surface area contributed by atoms with Gasteiger partial charge in [-0.3, -0.25) is 0 Å². The van der Waals surface area contributed by atoms with Gasteiger partial charge in [-0.2, -0.15) is 0 Å². The van der Waals surface area contributed by atoms with Crippen molar-refractivity contribution < 1.29 is 0 Å². The number of hydrogen-bond acceptors (Lipinski definition) is 4. The third-order valence-corrected chi connectivity index (χ3v) is 2.17. The lowest BCUT2D eigenvalue weighted by atomic mass is 10.4. The lowest BCUT2D eigenvalue weighted by molar-refractivity contribution is 0.397. The predicted molar refractivity (Wildman–Crippen MR) is 61.9 cm³/mol. The molecule has 0 saturated heterocycles. The molecule has 0 fully saturated rings. The molecule has 2 N–H and O–H groups in total. The summed E-state index contributed by atoms with van der Waals surface area (Å²) in [7, 11) is 4.06. The number of thiazole rings is 1. The van der Waals surface area contributed by atoms with Gasteiger partial charge in [0.1, 0.15) is 5.01 Å². The maximum Gasteiger partial charge on any atom is 0.106 e. The highest BCUT2D eigenvalue weighted by atomic mass is 35.5. The highest BCUT2D eigenvalue weighted by molar-refractivity contribution is 7.09. The average Bonchev–Trinajstić information content (AvgIpc) is 2.34. The van der Waals surface area contributed by atoms with Crippen LogP contribution in [0.4, 0.5) is 0 Å². The second-order valence-corrected chi connectivity index (χ2v) is 3.62. The van der Waals surface area contributed by atoms with Crippen LogP contribution in [-0.4, -0.2) is 24.0 Å². The van der Waals surface area contributed by atoms with Crippen molar-refractivity contribution in [3.8, 4) is 0 Å². The molecule has 1 rings (SSSR count). The summed E-state index contributed by atoms with van der Waals surface area (Å²) in [4.78, 5) is 6.41. The van der Waals surface area contributed by atoms with Gasteiger partial charge in [-0.15, -0.1) is 36.2 Å². The minimum absolute atomic E-state index is 0. The molecule has 0 saturated carbocycles. The third kappa shape index (κ3) is 5.44. The molecule has 0 spiro atoms. The molecule has 0 atom stereocenters. The molecule has 78 valence electrons. The second-order valence-electron chi connectivity index (χ2n) is 2.67. The molecular formula is C7H15Cl2N3S. The van der Waals surface area contributed by atoms with Gasteiger partial charge in [-0.1, -0.05) is 0 Å². The normalized spacial score (nSPS) is 9.23. The third-order valence-electron chi connectivity index (χ3n) is 1.25. The Bertz CT molecular complexity index is 227. The van der Waals surface area contributed by atoms with Crippen LogP contribution in [0.1, 0.15) is 10.7 Å². The zero-order chi connectivity index (χ0) is 8.27. The van der Waals surface area contributed by atoms with Crippen LogP contribution < -0.4 is 5.73 Å². The maximum atomic E-state index is 5.43. The van der Waals surface area contributed by atoms with Gasteiger partial charge in [0.25, 0.3) is 0 Å². The van der Waals surface area contributed by atoms with E-state index >= 15 is 0 Å². The Morgan fingerprint density at radius 2 is 2.08 bits per heavy atom. The van der Waals surface area contributed by atoms with E-state index in [0.717, 1.165) is 17.2 Å².